The Labute approximate surface area is 160 Å². The van der Waals surface area contributed by atoms with Gasteiger partial charge in [0.25, 0.3) is 0 Å². The summed E-state index contributed by atoms with van der Waals surface area (Å²) in [6.07, 6.45) is 0. The molecule has 122 valence electrons. The van der Waals surface area contributed by atoms with E-state index in [1.807, 2.05) is 24.3 Å². The Morgan fingerprint density at radius 1 is 0.760 bits per heavy atom. The third kappa shape index (κ3) is 3.28. The van der Waals surface area contributed by atoms with Gasteiger partial charge in [-0.25, -0.2) is 0 Å². The van der Waals surface area contributed by atoms with Crippen molar-refractivity contribution < 1.29 is 0 Å². The molecule has 1 nitrogen and oxygen atoms in total. The summed E-state index contributed by atoms with van der Waals surface area (Å²) in [6.45, 7) is 0. The van der Waals surface area contributed by atoms with Crippen LogP contribution in [0.15, 0.2) is 89.4 Å². The topological polar surface area (TPSA) is 12.0 Å². The Morgan fingerprint density at radius 3 is 2.36 bits per heavy atom. The Balaban J connectivity index is 1.95. The molecule has 0 heterocycles. The zero-order chi connectivity index (χ0) is 17.2. The number of halogens is 2. The van der Waals surface area contributed by atoms with Crippen molar-refractivity contribution in [1.29, 1.82) is 0 Å². The first-order valence-electron chi connectivity index (χ1n) is 8.01. The summed E-state index contributed by atoms with van der Waals surface area (Å²) in [5, 5.41) is 6.67. The second kappa shape index (κ2) is 6.91. The van der Waals surface area contributed by atoms with Crippen LogP contribution in [-0.4, -0.2) is 0 Å². The first-order chi connectivity index (χ1) is 12.2. The van der Waals surface area contributed by atoms with Gasteiger partial charge in [-0.1, -0.05) is 78.3 Å². The van der Waals surface area contributed by atoms with E-state index in [2.05, 4.69) is 81.9 Å². The van der Waals surface area contributed by atoms with Gasteiger partial charge >= 0.3 is 0 Å². The van der Waals surface area contributed by atoms with Gasteiger partial charge in [0.15, 0.2) is 0 Å². The average Bonchev–Trinajstić information content (AvgIpc) is 2.65. The molecular weight excluding hydrogens is 394 g/mol. The van der Waals surface area contributed by atoms with Crippen LogP contribution in [0.4, 0.5) is 11.4 Å². The van der Waals surface area contributed by atoms with E-state index in [0.717, 1.165) is 21.4 Å². The van der Waals surface area contributed by atoms with E-state index in [0.29, 0.717) is 5.02 Å². The number of rotatable bonds is 3. The highest BCUT2D eigenvalue weighted by Crippen LogP contribution is 2.38. The maximum atomic E-state index is 6.20. The Hall–Kier alpha value is -2.29. The summed E-state index contributed by atoms with van der Waals surface area (Å²) in [7, 11) is 0. The monoisotopic (exact) mass is 407 g/mol. The van der Waals surface area contributed by atoms with Crippen molar-refractivity contribution >= 4 is 49.7 Å². The van der Waals surface area contributed by atoms with Gasteiger partial charge < -0.3 is 5.32 Å². The lowest BCUT2D eigenvalue weighted by Gasteiger charge is -2.17. The zero-order valence-corrected chi connectivity index (χ0v) is 15.7. The van der Waals surface area contributed by atoms with E-state index < -0.39 is 0 Å². The maximum absolute atomic E-state index is 6.20. The van der Waals surface area contributed by atoms with E-state index in [1.54, 1.807) is 0 Å². The Bertz CT molecular complexity index is 1040. The van der Waals surface area contributed by atoms with Crippen LogP contribution in [0.2, 0.25) is 5.02 Å². The van der Waals surface area contributed by atoms with Gasteiger partial charge in [0, 0.05) is 20.4 Å². The number of benzene rings is 4. The minimum atomic E-state index is 0.701. The molecule has 0 saturated carbocycles. The van der Waals surface area contributed by atoms with E-state index in [4.69, 9.17) is 11.6 Å². The average molecular weight is 409 g/mol. The molecule has 0 bridgehead atoms. The third-order valence-corrected chi connectivity index (χ3v) is 5.13. The quantitative estimate of drug-likeness (QED) is 0.367. The van der Waals surface area contributed by atoms with E-state index in [9.17, 15) is 0 Å². The molecule has 1 N–H and O–H groups in total. The highest BCUT2D eigenvalue weighted by molar-refractivity contribution is 9.10. The maximum Gasteiger partial charge on any atom is 0.0543 e. The summed E-state index contributed by atoms with van der Waals surface area (Å²) >= 11 is 9.81. The lowest BCUT2D eigenvalue weighted by atomic mass is 9.98. The standard InChI is InChI=1S/C22H15BrClN/c23-20-13-11-17(24)14-21(20)25-22-18-9-5-4-8-16(18)10-12-19(22)15-6-2-1-3-7-15/h1-14,25H. The summed E-state index contributed by atoms with van der Waals surface area (Å²) < 4.78 is 0.976. The van der Waals surface area contributed by atoms with Crippen molar-refractivity contribution in [3.63, 3.8) is 0 Å². The number of hydrogen-bond donors (Lipinski definition) is 1. The lowest BCUT2D eigenvalue weighted by molar-refractivity contribution is 1.53. The number of nitrogens with one attached hydrogen (secondary N) is 1. The summed E-state index contributed by atoms with van der Waals surface area (Å²) in [5.41, 5.74) is 4.35. The van der Waals surface area contributed by atoms with E-state index >= 15 is 0 Å². The van der Waals surface area contributed by atoms with Gasteiger partial charge in [-0.15, -0.1) is 0 Å². The van der Waals surface area contributed by atoms with Gasteiger partial charge in [0.05, 0.1) is 11.4 Å². The second-order valence-electron chi connectivity index (χ2n) is 5.82. The molecule has 3 heteroatoms. The smallest absolute Gasteiger partial charge is 0.0543 e. The van der Waals surface area contributed by atoms with Crippen molar-refractivity contribution in [2.24, 2.45) is 0 Å². The highest BCUT2D eigenvalue weighted by atomic mass is 79.9. The van der Waals surface area contributed by atoms with Gasteiger partial charge in [-0.2, -0.15) is 0 Å². The van der Waals surface area contributed by atoms with Gasteiger partial charge in [0.1, 0.15) is 0 Å². The fourth-order valence-electron chi connectivity index (χ4n) is 2.99. The summed E-state index contributed by atoms with van der Waals surface area (Å²) in [6, 6.07) is 28.9. The van der Waals surface area contributed by atoms with Crippen LogP contribution in [-0.2, 0) is 0 Å². The molecular formula is C22H15BrClN. The van der Waals surface area contributed by atoms with Crippen molar-refractivity contribution in [2.45, 2.75) is 0 Å². The molecule has 0 aromatic heterocycles. The van der Waals surface area contributed by atoms with Crippen LogP contribution in [0.5, 0.6) is 0 Å². The Kier molecular flexibility index (Phi) is 4.48. The molecule has 4 aromatic carbocycles. The number of hydrogen-bond acceptors (Lipinski definition) is 1. The van der Waals surface area contributed by atoms with Crippen LogP contribution < -0.4 is 5.32 Å². The predicted molar refractivity (Wildman–Crippen MR) is 112 cm³/mol. The molecule has 0 saturated heterocycles. The van der Waals surface area contributed by atoms with E-state index in [-0.39, 0.29) is 0 Å². The largest absolute Gasteiger partial charge is 0.354 e. The molecule has 0 unspecified atom stereocenters. The molecule has 0 aliphatic heterocycles. The molecule has 4 rings (SSSR count). The molecule has 25 heavy (non-hydrogen) atoms. The van der Waals surface area contributed by atoms with Crippen LogP contribution >= 0.6 is 27.5 Å². The molecule has 0 fully saturated rings. The molecule has 0 spiro atoms. The van der Waals surface area contributed by atoms with Crippen LogP contribution in [0, 0.1) is 0 Å². The van der Waals surface area contributed by atoms with Crippen LogP contribution in [0.1, 0.15) is 0 Å². The fourth-order valence-corrected chi connectivity index (χ4v) is 3.51. The highest BCUT2D eigenvalue weighted by Gasteiger charge is 2.11. The van der Waals surface area contributed by atoms with Gasteiger partial charge in [-0.05, 0) is 45.1 Å². The fraction of sp³-hybridized carbons (Fsp3) is 0. The van der Waals surface area contributed by atoms with Crippen LogP contribution in [0.3, 0.4) is 0 Å². The molecule has 0 amide bonds. The summed E-state index contributed by atoms with van der Waals surface area (Å²) in [5.74, 6) is 0. The molecule has 0 atom stereocenters. The zero-order valence-electron chi connectivity index (χ0n) is 13.3. The molecule has 0 radical (unpaired) electrons. The molecule has 4 aromatic rings. The lowest BCUT2D eigenvalue weighted by Crippen LogP contribution is -1.96. The van der Waals surface area contributed by atoms with Gasteiger partial charge in [0.2, 0.25) is 0 Å². The van der Waals surface area contributed by atoms with Crippen molar-refractivity contribution in [3.8, 4) is 11.1 Å². The van der Waals surface area contributed by atoms with Crippen molar-refractivity contribution in [3.05, 3.63) is 94.4 Å². The minimum Gasteiger partial charge on any atom is -0.354 e. The van der Waals surface area contributed by atoms with Crippen molar-refractivity contribution in [1.82, 2.24) is 0 Å². The minimum absolute atomic E-state index is 0.701. The normalized spacial score (nSPS) is 10.8. The number of anilines is 2. The predicted octanol–water partition coefficient (Wildman–Crippen LogP) is 7.67. The SMILES string of the molecule is Clc1ccc(Br)c(Nc2c(-c3ccccc3)ccc3ccccc23)c1. The Morgan fingerprint density at radius 2 is 1.52 bits per heavy atom. The van der Waals surface area contributed by atoms with Crippen molar-refractivity contribution in [2.75, 3.05) is 5.32 Å². The molecule has 0 aliphatic rings. The second-order valence-corrected chi connectivity index (χ2v) is 7.12. The first kappa shape index (κ1) is 16.2. The molecule has 0 aliphatic carbocycles. The first-order valence-corrected chi connectivity index (χ1v) is 9.19. The van der Waals surface area contributed by atoms with Gasteiger partial charge in [-0.3, -0.25) is 0 Å². The van der Waals surface area contributed by atoms with Crippen LogP contribution in [0.25, 0.3) is 21.9 Å². The summed E-state index contributed by atoms with van der Waals surface area (Å²) in [4.78, 5) is 0. The third-order valence-electron chi connectivity index (χ3n) is 4.20. The number of fused-ring (bicyclic) bond motifs is 1. The van der Waals surface area contributed by atoms with E-state index in [1.165, 1.54) is 16.3 Å².